The Bertz CT molecular complexity index is 647. The summed E-state index contributed by atoms with van der Waals surface area (Å²) in [6.45, 7) is 1.63. The van der Waals surface area contributed by atoms with Crippen molar-refractivity contribution in [2.45, 2.75) is 38.5 Å². The van der Waals surface area contributed by atoms with Gasteiger partial charge in [0.25, 0.3) is 0 Å². The molecule has 25 heavy (non-hydrogen) atoms. The van der Waals surface area contributed by atoms with Crippen molar-refractivity contribution in [3.63, 3.8) is 0 Å². The van der Waals surface area contributed by atoms with E-state index in [1.807, 2.05) is 17.0 Å². The number of halogens is 1. The number of carbonyl (C=O) groups excluding carboxylic acids is 2. The van der Waals surface area contributed by atoms with Crippen molar-refractivity contribution in [1.82, 2.24) is 4.90 Å². The molecule has 0 radical (unpaired) electrons. The van der Waals surface area contributed by atoms with Crippen molar-refractivity contribution in [2.75, 3.05) is 19.7 Å². The van der Waals surface area contributed by atoms with E-state index in [-0.39, 0.29) is 18.2 Å². The Morgan fingerprint density at radius 1 is 1.36 bits per heavy atom. The Hall–Kier alpha value is -1.75. The summed E-state index contributed by atoms with van der Waals surface area (Å²) in [5.74, 6) is 1.06. The number of rotatable bonds is 7. The maximum absolute atomic E-state index is 12.5. The molecule has 1 heterocycles. The number of ether oxygens (including phenoxy) is 1. The summed E-state index contributed by atoms with van der Waals surface area (Å²) in [6, 6.07) is 7.19. The van der Waals surface area contributed by atoms with Gasteiger partial charge in [-0.25, -0.2) is 0 Å². The Balaban J connectivity index is 1.68. The van der Waals surface area contributed by atoms with Gasteiger partial charge >= 0.3 is 0 Å². The first-order chi connectivity index (χ1) is 12.0. The molecule has 2 aliphatic rings. The molecule has 6 heteroatoms. The van der Waals surface area contributed by atoms with E-state index in [1.54, 1.807) is 12.1 Å². The van der Waals surface area contributed by atoms with Crippen molar-refractivity contribution in [3.8, 4) is 5.75 Å². The smallest absolute Gasteiger partial charge is 0.222 e. The molecule has 0 unspecified atom stereocenters. The first-order valence-electron chi connectivity index (χ1n) is 8.90. The lowest BCUT2D eigenvalue weighted by atomic mass is 9.77. The van der Waals surface area contributed by atoms with Crippen LogP contribution in [0.4, 0.5) is 0 Å². The zero-order valence-electron chi connectivity index (χ0n) is 14.4. The number of likely N-dealkylation sites (tertiary alicyclic amines) is 1. The summed E-state index contributed by atoms with van der Waals surface area (Å²) in [4.78, 5) is 26.0. The van der Waals surface area contributed by atoms with Gasteiger partial charge < -0.3 is 15.4 Å². The Labute approximate surface area is 153 Å². The van der Waals surface area contributed by atoms with Gasteiger partial charge in [0.15, 0.2) is 0 Å². The summed E-state index contributed by atoms with van der Waals surface area (Å²) in [7, 11) is 0. The third-order valence-corrected chi connectivity index (χ3v) is 5.30. The van der Waals surface area contributed by atoms with Crippen molar-refractivity contribution in [1.29, 1.82) is 0 Å². The number of carbonyl (C=O) groups is 2. The lowest BCUT2D eigenvalue weighted by Gasteiger charge is -2.42. The molecule has 0 spiro atoms. The number of primary amides is 1. The summed E-state index contributed by atoms with van der Waals surface area (Å²) >= 11 is 6.00. The fourth-order valence-electron chi connectivity index (χ4n) is 3.59. The van der Waals surface area contributed by atoms with Gasteiger partial charge in [0.05, 0.1) is 6.61 Å². The van der Waals surface area contributed by atoms with Crippen LogP contribution in [0.5, 0.6) is 5.75 Å². The molecule has 0 aromatic heterocycles. The second-order valence-electron chi connectivity index (χ2n) is 7.46. The second kappa shape index (κ2) is 7.65. The van der Waals surface area contributed by atoms with Gasteiger partial charge in [0, 0.05) is 36.4 Å². The van der Waals surface area contributed by atoms with E-state index < -0.39 is 5.41 Å². The zero-order valence-corrected chi connectivity index (χ0v) is 15.1. The van der Waals surface area contributed by atoms with Crippen LogP contribution >= 0.6 is 11.6 Å². The molecular weight excluding hydrogens is 340 g/mol. The van der Waals surface area contributed by atoms with E-state index >= 15 is 0 Å². The molecule has 2 fully saturated rings. The van der Waals surface area contributed by atoms with Gasteiger partial charge in [0.2, 0.25) is 11.8 Å². The van der Waals surface area contributed by atoms with E-state index in [0.29, 0.717) is 36.3 Å². The average Bonchev–Trinajstić information content (AvgIpc) is 3.37. The van der Waals surface area contributed by atoms with E-state index in [1.165, 1.54) is 0 Å². The van der Waals surface area contributed by atoms with Crippen molar-refractivity contribution in [3.05, 3.63) is 29.3 Å². The fraction of sp³-hybridized carbons (Fsp3) is 0.579. The van der Waals surface area contributed by atoms with Crippen molar-refractivity contribution in [2.24, 2.45) is 17.1 Å². The number of hydrogen-bond donors (Lipinski definition) is 1. The number of benzene rings is 1. The van der Waals surface area contributed by atoms with E-state index in [9.17, 15) is 9.59 Å². The van der Waals surface area contributed by atoms with Gasteiger partial charge in [-0.05, 0) is 49.8 Å². The molecule has 1 saturated carbocycles. The number of piperidine rings is 1. The zero-order chi connectivity index (χ0) is 17.9. The summed E-state index contributed by atoms with van der Waals surface area (Å²) in [6.07, 6.45) is 4.85. The normalized spacial score (nSPS) is 23.3. The highest BCUT2D eigenvalue weighted by molar-refractivity contribution is 6.30. The molecule has 1 aliphatic carbocycles. The summed E-state index contributed by atoms with van der Waals surface area (Å²) < 4.78 is 5.92. The molecule has 2 amide bonds. The predicted octanol–water partition coefficient (Wildman–Crippen LogP) is 3.00. The maximum Gasteiger partial charge on any atom is 0.222 e. The third-order valence-electron chi connectivity index (χ3n) is 5.06. The monoisotopic (exact) mass is 364 g/mol. The summed E-state index contributed by atoms with van der Waals surface area (Å²) in [5.41, 5.74) is 5.07. The Morgan fingerprint density at radius 2 is 2.16 bits per heavy atom. The number of nitrogens with two attached hydrogens (primary N) is 1. The molecule has 0 bridgehead atoms. The Morgan fingerprint density at radius 3 is 2.84 bits per heavy atom. The fourth-order valence-corrected chi connectivity index (χ4v) is 3.78. The molecule has 1 atom stereocenters. The highest BCUT2D eigenvalue weighted by Crippen LogP contribution is 2.37. The van der Waals surface area contributed by atoms with Gasteiger partial charge in [-0.1, -0.05) is 17.7 Å². The van der Waals surface area contributed by atoms with E-state index in [0.717, 1.165) is 32.2 Å². The van der Waals surface area contributed by atoms with Gasteiger partial charge in [-0.3, -0.25) is 9.59 Å². The maximum atomic E-state index is 12.5. The van der Waals surface area contributed by atoms with Crippen LogP contribution in [-0.4, -0.2) is 36.4 Å². The number of hydrogen-bond acceptors (Lipinski definition) is 3. The Kier molecular flexibility index (Phi) is 5.52. The highest BCUT2D eigenvalue weighted by Gasteiger charge is 2.40. The lowest BCUT2D eigenvalue weighted by Crippen LogP contribution is -2.50. The minimum atomic E-state index is -0.425. The van der Waals surface area contributed by atoms with Gasteiger partial charge in [-0.15, -0.1) is 0 Å². The molecule has 3 rings (SSSR count). The molecule has 1 aromatic rings. The van der Waals surface area contributed by atoms with Crippen LogP contribution < -0.4 is 10.5 Å². The van der Waals surface area contributed by atoms with Crippen LogP contribution in [0.2, 0.25) is 5.02 Å². The van der Waals surface area contributed by atoms with Crippen molar-refractivity contribution < 1.29 is 14.3 Å². The average molecular weight is 365 g/mol. The second-order valence-corrected chi connectivity index (χ2v) is 7.89. The van der Waals surface area contributed by atoms with E-state index in [2.05, 4.69) is 0 Å². The minimum Gasteiger partial charge on any atom is -0.493 e. The van der Waals surface area contributed by atoms with Crippen LogP contribution in [0.1, 0.15) is 38.5 Å². The van der Waals surface area contributed by atoms with Crippen LogP contribution in [-0.2, 0) is 9.59 Å². The van der Waals surface area contributed by atoms with Crippen LogP contribution in [0.3, 0.4) is 0 Å². The van der Waals surface area contributed by atoms with Gasteiger partial charge in [-0.2, -0.15) is 0 Å². The largest absolute Gasteiger partial charge is 0.493 e. The molecule has 1 aromatic carbocycles. The van der Waals surface area contributed by atoms with Gasteiger partial charge in [0.1, 0.15) is 5.75 Å². The van der Waals surface area contributed by atoms with Crippen LogP contribution in [0.25, 0.3) is 0 Å². The SMILES string of the molecule is NC(=O)C[C@]1(COc2cccc(Cl)c2)CCCN(C(=O)CC2CC2)C1. The van der Waals surface area contributed by atoms with Crippen molar-refractivity contribution >= 4 is 23.4 Å². The molecule has 5 nitrogen and oxygen atoms in total. The topological polar surface area (TPSA) is 72.6 Å². The van der Waals surface area contributed by atoms with E-state index in [4.69, 9.17) is 22.1 Å². The predicted molar refractivity (Wildman–Crippen MR) is 96.3 cm³/mol. The highest BCUT2D eigenvalue weighted by atomic mass is 35.5. The minimum absolute atomic E-state index is 0.193. The number of amides is 2. The summed E-state index contributed by atoms with van der Waals surface area (Å²) in [5, 5.41) is 0.603. The molecule has 136 valence electrons. The molecule has 2 N–H and O–H groups in total. The molecule has 1 aliphatic heterocycles. The van der Waals surface area contributed by atoms with Crippen LogP contribution in [0.15, 0.2) is 24.3 Å². The van der Waals surface area contributed by atoms with Crippen LogP contribution in [0, 0.1) is 11.3 Å². The molecular formula is C19H25ClN2O3. The first-order valence-corrected chi connectivity index (χ1v) is 9.28. The lowest BCUT2D eigenvalue weighted by molar-refractivity contribution is -0.137. The molecule has 1 saturated heterocycles. The number of nitrogens with zero attached hydrogens (tertiary/aromatic N) is 1. The third kappa shape index (κ3) is 5.11. The standard InChI is InChI=1S/C19H25ClN2O3/c20-15-3-1-4-16(10-15)25-13-19(11-17(21)23)7-2-8-22(12-19)18(24)9-14-5-6-14/h1,3-4,10,14H,2,5-9,11-13H2,(H2,21,23)/t19-/m1/s1. The first kappa shape index (κ1) is 18.1. The quantitative estimate of drug-likeness (QED) is 0.808.